The number of piperazine rings is 1. The summed E-state index contributed by atoms with van der Waals surface area (Å²) in [4.78, 5) is 39.0. The minimum atomic E-state index is -0.477. The van der Waals surface area contributed by atoms with Crippen LogP contribution in [-0.4, -0.2) is 98.3 Å². The number of hydrogen-bond acceptors (Lipinski definition) is 9. The third kappa shape index (κ3) is 6.45. The molecule has 2 aromatic carbocycles. The van der Waals surface area contributed by atoms with Gasteiger partial charge in [0, 0.05) is 51.0 Å². The number of pyridine rings is 1. The fourth-order valence-corrected chi connectivity index (χ4v) is 7.27. The number of aromatic nitrogens is 3. The average molecular weight is 663 g/mol. The Morgan fingerprint density at radius 1 is 1.04 bits per heavy atom. The van der Waals surface area contributed by atoms with E-state index >= 15 is 0 Å². The Bertz CT molecular complexity index is 1950. The van der Waals surface area contributed by atoms with E-state index in [2.05, 4.69) is 34.7 Å². The number of anilines is 1. The standard InChI is InChI=1S/C37H42N8O4/c1-37(2,42-19-17-41(18-20-42)29-24-48-25-29)21-26(22-38)35(46)43-16-6-7-28(43)23-44-32-14-15-40-34(39)33(32)45(36(44)47)27-10-12-31(13-11-27)49-30-8-4-3-5-9-30/h3-5,8-15,21,28-29H,6-7,16-20,23-25H2,1-2H3,(H2,39,40)/t28-/m0/s1. The number of nitrogen functional groups attached to an aromatic ring is 1. The lowest BCUT2D eigenvalue weighted by atomic mass is 9.97. The second-order valence-electron chi connectivity index (χ2n) is 13.5. The summed E-state index contributed by atoms with van der Waals surface area (Å²) in [6.07, 6.45) is 4.91. The zero-order chi connectivity index (χ0) is 34.1. The van der Waals surface area contributed by atoms with Gasteiger partial charge in [0.2, 0.25) is 0 Å². The van der Waals surface area contributed by atoms with Gasteiger partial charge < -0.3 is 20.1 Å². The van der Waals surface area contributed by atoms with Crippen LogP contribution in [0.5, 0.6) is 11.5 Å². The second kappa shape index (κ2) is 13.5. The van der Waals surface area contributed by atoms with E-state index in [-0.39, 0.29) is 35.6 Å². The number of carbonyl (C=O) groups is 1. The number of likely N-dealkylation sites (tertiary alicyclic amines) is 1. The molecule has 5 heterocycles. The maximum absolute atomic E-state index is 14.2. The molecule has 0 bridgehead atoms. The number of imidazole rings is 1. The Hall–Kier alpha value is -4.96. The van der Waals surface area contributed by atoms with Crippen LogP contribution in [0.1, 0.15) is 26.7 Å². The molecule has 0 spiro atoms. The first-order valence-electron chi connectivity index (χ1n) is 16.9. The Morgan fingerprint density at radius 3 is 2.43 bits per heavy atom. The van der Waals surface area contributed by atoms with Crippen molar-refractivity contribution in [2.75, 3.05) is 51.7 Å². The number of nitrogens with two attached hydrogens (primary N) is 1. The summed E-state index contributed by atoms with van der Waals surface area (Å²) < 4.78 is 14.6. The quantitative estimate of drug-likeness (QED) is 0.210. The molecule has 12 nitrogen and oxygen atoms in total. The van der Waals surface area contributed by atoms with Crippen molar-refractivity contribution in [1.29, 1.82) is 5.26 Å². The first kappa shape index (κ1) is 32.6. The Morgan fingerprint density at radius 2 is 1.76 bits per heavy atom. The van der Waals surface area contributed by atoms with Crippen molar-refractivity contribution in [3.63, 3.8) is 0 Å². The van der Waals surface area contributed by atoms with Crippen LogP contribution >= 0.6 is 0 Å². The molecule has 49 heavy (non-hydrogen) atoms. The van der Waals surface area contributed by atoms with Gasteiger partial charge in [-0.15, -0.1) is 0 Å². The van der Waals surface area contributed by atoms with Crippen molar-refractivity contribution in [3.05, 3.63) is 89.0 Å². The number of benzene rings is 2. The maximum atomic E-state index is 14.2. The van der Waals surface area contributed by atoms with Crippen molar-refractivity contribution in [3.8, 4) is 23.3 Å². The van der Waals surface area contributed by atoms with Gasteiger partial charge in [0.05, 0.1) is 36.5 Å². The van der Waals surface area contributed by atoms with E-state index in [0.29, 0.717) is 47.2 Å². The molecule has 1 atom stereocenters. The molecule has 3 aliphatic rings. The molecule has 0 aliphatic carbocycles. The summed E-state index contributed by atoms with van der Waals surface area (Å²) in [5.74, 6) is 1.28. The highest BCUT2D eigenvalue weighted by atomic mass is 16.5. The van der Waals surface area contributed by atoms with Crippen LogP contribution in [0, 0.1) is 11.3 Å². The fraction of sp³-hybridized carbons (Fsp3) is 0.405. The van der Waals surface area contributed by atoms with Gasteiger partial charge in [0.15, 0.2) is 0 Å². The van der Waals surface area contributed by atoms with E-state index in [0.717, 1.165) is 45.8 Å². The Balaban J connectivity index is 1.12. The predicted octanol–water partition coefficient (Wildman–Crippen LogP) is 3.80. The molecule has 2 N–H and O–H groups in total. The SMILES string of the molecule is CC(C)(C=C(C#N)C(=O)N1CCC[C@H]1Cn1c(=O)n(-c2ccc(Oc3ccccc3)cc2)c2c(N)nccc21)N1CCN(C2COC2)CC1. The van der Waals surface area contributed by atoms with Gasteiger partial charge in [0.25, 0.3) is 5.91 Å². The van der Waals surface area contributed by atoms with E-state index < -0.39 is 5.54 Å². The monoisotopic (exact) mass is 662 g/mol. The van der Waals surface area contributed by atoms with Crippen LogP contribution in [-0.2, 0) is 16.1 Å². The van der Waals surface area contributed by atoms with Gasteiger partial charge in [-0.1, -0.05) is 18.2 Å². The number of ether oxygens (including phenoxy) is 2. The lowest BCUT2D eigenvalue weighted by Crippen LogP contribution is -2.59. The van der Waals surface area contributed by atoms with E-state index in [1.807, 2.05) is 60.7 Å². The van der Waals surface area contributed by atoms with E-state index in [4.69, 9.17) is 15.2 Å². The molecule has 0 radical (unpaired) electrons. The van der Waals surface area contributed by atoms with E-state index in [9.17, 15) is 14.9 Å². The van der Waals surface area contributed by atoms with Gasteiger partial charge in [-0.05, 0) is 75.2 Å². The molecule has 3 aliphatic heterocycles. The van der Waals surface area contributed by atoms with Crippen LogP contribution in [0.15, 0.2) is 83.3 Å². The lowest BCUT2D eigenvalue weighted by Gasteiger charge is -2.46. The van der Waals surface area contributed by atoms with Crippen LogP contribution in [0.25, 0.3) is 16.7 Å². The average Bonchev–Trinajstić information content (AvgIpc) is 3.66. The highest BCUT2D eigenvalue weighted by Crippen LogP contribution is 2.29. The first-order valence-corrected chi connectivity index (χ1v) is 16.9. The molecule has 0 saturated carbocycles. The minimum absolute atomic E-state index is 0.132. The Labute approximate surface area is 285 Å². The van der Waals surface area contributed by atoms with Gasteiger partial charge in [0.1, 0.15) is 34.5 Å². The van der Waals surface area contributed by atoms with Crippen LogP contribution < -0.4 is 16.2 Å². The normalized spacial score (nSPS) is 19.6. The molecule has 12 heteroatoms. The summed E-state index contributed by atoms with van der Waals surface area (Å²) in [7, 11) is 0. The molecule has 0 unspecified atom stereocenters. The number of para-hydroxylation sites is 1. The summed E-state index contributed by atoms with van der Waals surface area (Å²) in [5, 5.41) is 10.2. The zero-order valence-corrected chi connectivity index (χ0v) is 28.0. The highest BCUT2D eigenvalue weighted by Gasteiger charge is 2.36. The minimum Gasteiger partial charge on any atom is -0.457 e. The summed E-state index contributed by atoms with van der Waals surface area (Å²) >= 11 is 0. The van der Waals surface area contributed by atoms with Crippen molar-refractivity contribution in [2.24, 2.45) is 0 Å². The maximum Gasteiger partial charge on any atom is 0.333 e. The number of nitriles is 1. The van der Waals surface area contributed by atoms with Gasteiger partial charge in [-0.3, -0.25) is 23.7 Å². The number of fused-ring (bicyclic) bond motifs is 1. The molecule has 3 saturated heterocycles. The topological polar surface area (TPSA) is 135 Å². The molecule has 7 rings (SSSR count). The smallest absolute Gasteiger partial charge is 0.333 e. The van der Waals surface area contributed by atoms with Crippen LogP contribution in [0.3, 0.4) is 0 Å². The Kier molecular flexibility index (Phi) is 8.98. The lowest BCUT2D eigenvalue weighted by molar-refractivity contribution is -0.127. The second-order valence-corrected chi connectivity index (χ2v) is 13.5. The molecule has 4 aromatic rings. The first-order chi connectivity index (χ1) is 23.7. The molecule has 3 fully saturated rings. The highest BCUT2D eigenvalue weighted by molar-refractivity contribution is 5.98. The van der Waals surface area contributed by atoms with Gasteiger partial charge in [-0.25, -0.2) is 9.78 Å². The zero-order valence-electron chi connectivity index (χ0n) is 28.0. The largest absolute Gasteiger partial charge is 0.457 e. The van der Waals surface area contributed by atoms with Crippen LogP contribution in [0.2, 0.25) is 0 Å². The van der Waals surface area contributed by atoms with Crippen molar-refractivity contribution < 1.29 is 14.3 Å². The fourth-order valence-electron chi connectivity index (χ4n) is 7.27. The van der Waals surface area contributed by atoms with Crippen molar-refractivity contribution in [2.45, 2.75) is 50.9 Å². The van der Waals surface area contributed by atoms with Crippen LogP contribution in [0.4, 0.5) is 5.82 Å². The van der Waals surface area contributed by atoms with E-state index in [1.165, 1.54) is 0 Å². The summed E-state index contributed by atoms with van der Waals surface area (Å²) in [6, 6.07) is 20.9. The predicted molar refractivity (Wildman–Crippen MR) is 187 cm³/mol. The molecular formula is C37H42N8O4. The number of hydrogen-bond donors (Lipinski definition) is 1. The number of amides is 1. The van der Waals surface area contributed by atoms with Gasteiger partial charge >= 0.3 is 5.69 Å². The van der Waals surface area contributed by atoms with Gasteiger partial charge in [-0.2, -0.15) is 5.26 Å². The summed E-state index contributed by atoms with van der Waals surface area (Å²) in [5.41, 5.74) is 7.50. The number of rotatable bonds is 9. The summed E-state index contributed by atoms with van der Waals surface area (Å²) in [6.45, 7) is 10.1. The molecule has 2 aromatic heterocycles. The van der Waals surface area contributed by atoms with Crippen molar-refractivity contribution >= 4 is 22.8 Å². The van der Waals surface area contributed by atoms with Crippen molar-refractivity contribution in [1.82, 2.24) is 28.8 Å². The third-order valence-electron chi connectivity index (χ3n) is 10.1. The molecule has 1 amide bonds. The number of nitrogens with zero attached hydrogens (tertiary/aromatic N) is 7. The van der Waals surface area contributed by atoms with E-state index in [1.54, 1.807) is 26.3 Å². The number of carbonyl (C=O) groups excluding carboxylic acids is 1. The molecule has 254 valence electrons. The third-order valence-corrected chi connectivity index (χ3v) is 10.1. The molecular weight excluding hydrogens is 620 g/mol.